The van der Waals surface area contributed by atoms with Gasteiger partial charge in [-0.2, -0.15) is 4.98 Å². The van der Waals surface area contributed by atoms with Gasteiger partial charge in [0, 0.05) is 19.2 Å². The molecule has 3 heterocycles. The number of nitrogens with zero attached hydrogens (tertiary/aromatic N) is 2. The number of nitrogens with one attached hydrogen (secondary N) is 4. The van der Waals surface area contributed by atoms with Crippen molar-refractivity contribution >= 4 is 58.1 Å². The first-order chi connectivity index (χ1) is 16.2. The lowest BCUT2D eigenvalue weighted by Gasteiger charge is -2.27. The summed E-state index contributed by atoms with van der Waals surface area (Å²) in [5, 5.41) is 14.4. The third-order valence-corrected chi connectivity index (χ3v) is 6.68. The summed E-state index contributed by atoms with van der Waals surface area (Å²) in [6.07, 6.45) is 2.02. The van der Waals surface area contributed by atoms with E-state index < -0.39 is 11.6 Å². The van der Waals surface area contributed by atoms with E-state index in [0.717, 1.165) is 22.4 Å². The highest BCUT2D eigenvalue weighted by molar-refractivity contribution is 7.12. The van der Waals surface area contributed by atoms with Gasteiger partial charge in [0.15, 0.2) is 5.82 Å². The Hall–Kier alpha value is -3.37. The molecule has 11 heteroatoms. The molecular formula is C23H25ClN6O3S. The molecule has 2 amide bonds. The number of amides is 2. The van der Waals surface area contributed by atoms with E-state index >= 15 is 0 Å². The second kappa shape index (κ2) is 9.47. The number of carbonyl (C=O) groups excluding carboxylic acids is 2. The zero-order chi connectivity index (χ0) is 24.5. The molecule has 1 aliphatic heterocycles. The SMILES string of the molecule is CNC(=O)Oc1scc(C)c1Nc1nc(Nc2ccc3c(c2)CCC(=O)NC3(C)C)ncc1Cl. The molecule has 0 spiro atoms. The molecule has 4 N–H and O–H groups in total. The standard InChI is InChI=1S/C23H25ClN6O3S/c1-12-11-34-20(33-22(32)25-4)18(12)28-19-16(24)10-26-21(29-19)27-14-6-7-15-13(9-14)5-8-17(31)30-23(15,2)3/h6-7,9-11H,5,8H2,1-4H3,(H,25,32)(H,30,31)(H2,26,27,28,29). The van der Waals surface area contributed by atoms with Crippen molar-refractivity contribution in [1.82, 2.24) is 20.6 Å². The number of aromatic nitrogens is 2. The maximum atomic E-state index is 12.1. The summed E-state index contributed by atoms with van der Waals surface area (Å²) in [4.78, 5) is 32.5. The molecule has 9 nitrogen and oxygen atoms in total. The molecule has 0 bridgehead atoms. The monoisotopic (exact) mass is 500 g/mol. The van der Waals surface area contributed by atoms with Gasteiger partial charge in [0.1, 0.15) is 5.02 Å². The van der Waals surface area contributed by atoms with Crippen LogP contribution in [-0.2, 0) is 16.8 Å². The van der Waals surface area contributed by atoms with E-state index in [1.54, 1.807) is 0 Å². The van der Waals surface area contributed by atoms with E-state index in [-0.39, 0.29) is 5.91 Å². The summed E-state index contributed by atoms with van der Waals surface area (Å²) in [6, 6.07) is 5.96. The number of aryl methyl sites for hydroxylation is 2. The lowest BCUT2D eigenvalue weighted by molar-refractivity contribution is -0.122. The number of thiophene rings is 1. The van der Waals surface area contributed by atoms with Crippen molar-refractivity contribution in [3.05, 3.63) is 51.5 Å². The highest BCUT2D eigenvalue weighted by Gasteiger charge is 2.28. The van der Waals surface area contributed by atoms with Crippen LogP contribution in [0.5, 0.6) is 5.06 Å². The van der Waals surface area contributed by atoms with Crippen LogP contribution in [0.25, 0.3) is 0 Å². The average molecular weight is 501 g/mol. The van der Waals surface area contributed by atoms with E-state index in [4.69, 9.17) is 16.3 Å². The van der Waals surface area contributed by atoms with Crippen LogP contribution in [0.1, 0.15) is 37.0 Å². The van der Waals surface area contributed by atoms with Crippen LogP contribution in [0.4, 0.5) is 27.9 Å². The summed E-state index contributed by atoms with van der Waals surface area (Å²) in [7, 11) is 1.49. The van der Waals surface area contributed by atoms with Gasteiger partial charge in [-0.05, 0) is 61.4 Å². The summed E-state index contributed by atoms with van der Waals surface area (Å²) >= 11 is 7.63. The number of benzene rings is 1. The van der Waals surface area contributed by atoms with E-state index in [9.17, 15) is 9.59 Å². The first-order valence-corrected chi connectivity index (χ1v) is 11.9. The van der Waals surface area contributed by atoms with Crippen LogP contribution in [0.2, 0.25) is 5.02 Å². The smallest absolute Gasteiger partial charge is 0.397 e. The molecule has 178 valence electrons. The molecule has 0 unspecified atom stereocenters. The summed E-state index contributed by atoms with van der Waals surface area (Å²) in [6.45, 7) is 5.88. The molecule has 34 heavy (non-hydrogen) atoms. The molecule has 3 aromatic rings. The fraction of sp³-hybridized carbons (Fsp3) is 0.304. The predicted molar refractivity (Wildman–Crippen MR) is 134 cm³/mol. The number of fused-ring (bicyclic) bond motifs is 1. The Labute approximate surface area is 206 Å². The van der Waals surface area contributed by atoms with Crippen LogP contribution in [0.15, 0.2) is 29.8 Å². The minimum atomic E-state index is -0.565. The van der Waals surface area contributed by atoms with Gasteiger partial charge in [-0.3, -0.25) is 4.79 Å². The Morgan fingerprint density at radius 3 is 2.82 bits per heavy atom. The van der Waals surface area contributed by atoms with E-state index in [2.05, 4.69) is 31.2 Å². The van der Waals surface area contributed by atoms with Crippen molar-refractivity contribution in [2.75, 3.05) is 17.7 Å². The Kier molecular flexibility index (Phi) is 6.63. The minimum Gasteiger partial charge on any atom is -0.397 e. The van der Waals surface area contributed by atoms with E-state index in [1.807, 2.05) is 44.4 Å². The second-order valence-electron chi connectivity index (χ2n) is 8.41. The van der Waals surface area contributed by atoms with Crippen molar-refractivity contribution in [2.24, 2.45) is 0 Å². The van der Waals surface area contributed by atoms with Gasteiger partial charge in [-0.1, -0.05) is 17.7 Å². The van der Waals surface area contributed by atoms with Crippen molar-refractivity contribution in [1.29, 1.82) is 0 Å². The van der Waals surface area contributed by atoms with Crippen LogP contribution in [-0.4, -0.2) is 29.0 Å². The molecule has 2 aromatic heterocycles. The van der Waals surface area contributed by atoms with Gasteiger partial charge < -0.3 is 26.0 Å². The largest absolute Gasteiger partial charge is 0.413 e. The number of carbonyl (C=O) groups is 2. The number of ether oxygens (including phenoxy) is 1. The quantitative estimate of drug-likeness (QED) is 0.389. The third-order valence-electron chi connectivity index (χ3n) is 5.43. The van der Waals surface area contributed by atoms with Crippen molar-refractivity contribution in [2.45, 2.75) is 39.2 Å². The molecule has 1 aliphatic rings. The molecular weight excluding hydrogens is 476 g/mol. The molecule has 0 aliphatic carbocycles. The van der Waals surface area contributed by atoms with Crippen molar-refractivity contribution in [3.63, 3.8) is 0 Å². The first-order valence-electron chi connectivity index (χ1n) is 10.6. The zero-order valence-corrected chi connectivity index (χ0v) is 20.8. The molecule has 1 aromatic carbocycles. The minimum absolute atomic E-state index is 0.0379. The van der Waals surface area contributed by atoms with E-state index in [1.165, 1.54) is 24.6 Å². The lowest BCUT2D eigenvalue weighted by atomic mass is 9.89. The highest BCUT2D eigenvalue weighted by atomic mass is 35.5. The second-order valence-corrected chi connectivity index (χ2v) is 9.66. The maximum Gasteiger partial charge on any atom is 0.413 e. The number of hydrogen-bond donors (Lipinski definition) is 4. The summed E-state index contributed by atoms with van der Waals surface area (Å²) in [5.41, 5.74) is 4.01. The number of anilines is 4. The Bertz CT molecular complexity index is 1260. The third kappa shape index (κ3) is 5.07. The fourth-order valence-corrected chi connectivity index (χ4v) is 4.75. The molecule has 4 rings (SSSR count). The van der Waals surface area contributed by atoms with Gasteiger partial charge in [-0.15, -0.1) is 11.3 Å². The van der Waals surface area contributed by atoms with Gasteiger partial charge in [0.25, 0.3) is 0 Å². The van der Waals surface area contributed by atoms with Gasteiger partial charge in [-0.25, -0.2) is 9.78 Å². The molecule has 0 radical (unpaired) electrons. The lowest BCUT2D eigenvalue weighted by Crippen LogP contribution is -2.39. The number of rotatable bonds is 5. The maximum absolute atomic E-state index is 12.1. The highest BCUT2D eigenvalue weighted by Crippen LogP contribution is 2.39. The van der Waals surface area contributed by atoms with Gasteiger partial charge in [0.05, 0.1) is 17.4 Å². The van der Waals surface area contributed by atoms with E-state index in [0.29, 0.717) is 40.4 Å². The number of halogens is 1. The average Bonchev–Trinajstić information content (AvgIpc) is 3.07. The first kappa shape index (κ1) is 23.8. The summed E-state index contributed by atoms with van der Waals surface area (Å²) < 4.78 is 5.32. The fourth-order valence-electron chi connectivity index (χ4n) is 3.76. The molecule has 0 saturated carbocycles. The van der Waals surface area contributed by atoms with Crippen molar-refractivity contribution in [3.8, 4) is 5.06 Å². The summed E-state index contributed by atoms with van der Waals surface area (Å²) in [5.74, 6) is 0.750. The molecule has 0 saturated heterocycles. The molecule has 0 fully saturated rings. The van der Waals surface area contributed by atoms with Crippen LogP contribution in [0, 0.1) is 6.92 Å². The topological polar surface area (TPSA) is 117 Å². The number of hydrogen-bond acceptors (Lipinski definition) is 8. The van der Waals surface area contributed by atoms with Crippen LogP contribution in [0.3, 0.4) is 0 Å². The predicted octanol–water partition coefficient (Wildman–Crippen LogP) is 5.00. The Morgan fingerprint density at radius 1 is 1.26 bits per heavy atom. The van der Waals surface area contributed by atoms with Gasteiger partial charge in [0.2, 0.25) is 16.9 Å². The van der Waals surface area contributed by atoms with Crippen LogP contribution >= 0.6 is 22.9 Å². The normalized spacial score (nSPS) is 14.4. The molecule has 0 atom stereocenters. The Morgan fingerprint density at radius 2 is 2.06 bits per heavy atom. The van der Waals surface area contributed by atoms with Crippen LogP contribution < -0.4 is 26.0 Å². The Balaban J connectivity index is 1.58. The van der Waals surface area contributed by atoms with Gasteiger partial charge >= 0.3 is 6.09 Å². The zero-order valence-electron chi connectivity index (χ0n) is 19.2. The van der Waals surface area contributed by atoms with Crippen molar-refractivity contribution < 1.29 is 14.3 Å².